The van der Waals surface area contributed by atoms with Gasteiger partial charge in [-0.1, -0.05) is 12.1 Å². The van der Waals surface area contributed by atoms with Gasteiger partial charge in [-0.05, 0) is 32.9 Å². The van der Waals surface area contributed by atoms with Crippen molar-refractivity contribution in [1.29, 1.82) is 0 Å². The predicted octanol–water partition coefficient (Wildman–Crippen LogP) is 4.08. The number of anilines is 2. The average molecular weight is 460 g/mol. The van der Waals surface area contributed by atoms with Crippen LogP contribution in [0.1, 0.15) is 36.8 Å². The number of alkyl halides is 2. The Kier molecular flexibility index (Phi) is 5.65. The smallest absolute Gasteiger partial charge is 0.298 e. The quantitative estimate of drug-likeness (QED) is 0.597. The highest BCUT2D eigenvalue weighted by atomic mass is 19.3. The number of amides is 1. The van der Waals surface area contributed by atoms with E-state index < -0.39 is 36.1 Å². The third-order valence-corrected chi connectivity index (χ3v) is 5.67. The summed E-state index contributed by atoms with van der Waals surface area (Å²) in [6.45, 7) is 3.47. The molecule has 2 N–H and O–H groups in total. The summed E-state index contributed by atoms with van der Waals surface area (Å²) >= 11 is 0. The van der Waals surface area contributed by atoms with Gasteiger partial charge in [-0.15, -0.1) is 0 Å². The maximum atomic E-state index is 14.9. The molecular weight excluding hydrogens is 437 g/mol. The molecule has 2 aromatic carbocycles. The topological polar surface area (TPSA) is 87.6 Å². The van der Waals surface area contributed by atoms with Crippen molar-refractivity contribution in [2.24, 2.45) is 0 Å². The number of aryl methyl sites for hydroxylation is 1. The van der Waals surface area contributed by atoms with Crippen LogP contribution in [0.5, 0.6) is 5.75 Å². The Hall–Kier alpha value is -3.40. The van der Waals surface area contributed by atoms with E-state index in [1.807, 2.05) is 0 Å². The number of aromatic nitrogens is 2. The van der Waals surface area contributed by atoms with E-state index in [0.29, 0.717) is 34.0 Å². The van der Waals surface area contributed by atoms with Crippen LogP contribution in [0.4, 0.5) is 24.7 Å². The van der Waals surface area contributed by atoms with E-state index >= 15 is 0 Å². The van der Waals surface area contributed by atoms with Crippen LogP contribution in [0.15, 0.2) is 30.3 Å². The van der Waals surface area contributed by atoms with Crippen molar-refractivity contribution in [3.63, 3.8) is 0 Å². The Bertz CT molecular complexity index is 1250. The molecular formula is C23H23F3N4O3. The van der Waals surface area contributed by atoms with Gasteiger partial charge in [-0.2, -0.15) is 8.78 Å². The minimum Gasteiger partial charge on any atom is -0.479 e. The van der Waals surface area contributed by atoms with Crippen LogP contribution in [0.3, 0.4) is 0 Å². The van der Waals surface area contributed by atoms with Crippen molar-refractivity contribution in [3.8, 4) is 5.75 Å². The number of nitrogens with zero attached hydrogens (tertiary/aromatic N) is 3. The molecule has 0 saturated heterocycles. The van der Waals surface area contributed by atoms with Crippen molar-refractivity contribution in [2.45, 2.75) is 38.8 Å². The summed E-state index contributed by atoms with van der Waals surface area (Å²) in [5.74, 6) is -3.72. The molecule has 0 aliphatic carbocycles. The Labute approximate surface area is 188 Å². The van der Waals surface area contributed by atoms with E-state index in [1.165, 1.54) is 17.0 Å². The SMILES string of the molecule is Cc1nc(NC(C)c2cccc(C(F)(F)CO)c2F)c2cc3c(cc2n1)OC(C)C(=O)N3C. The lowest BCUT2D eigenvalue weighted by Crippen LogP contribution is -2.41. The number of fused-ring (bicyclic) bond motifs is 2. The number of hydrogen-bond donors (Lipinski definition) is 2. The lowest BCUT2D eigenvalue weighted by atomic mass is 10.00. The molecule has 2 heterocycles. The fraction of sp³-hybridized carbons (Fsp3) is 0.348. The molecule has 33 heavy (non-hydrogen) atoms. The van der Waals surface area contributed by atoms with Gasteiger partial charge in [0.1, 0.15) is 29.8 Å². The number of nitrogens with one attached hydrogen (secondary N) is 1. The normalized spacial score (nSPS) is 17.0. The summed E-state index contributed by atoms with van der Waals surface area (Å²) < 4.78 is 48.6. The van der Waals surface area contributed by atoms with Gasteiger partial charge in [0.15, 0.2) is 6.10 Å². The highest BCUT2D eigenvalue weighted by molar-refractivity contribution is 6.03. The molecule has 2 atom stereocenters. The second-order valence-electron chi connectivity index (χ2n) is 8.05. The molecule has 1 aliphatic heterocycles. The Balaban J connectivity index is 1.77. The number of aliphatic hydroxyl groups excluding tert-OH is 1. The molecule has 0 saturated carbocycles. The molecule has 4 rings (SSSR count). The summed E-state index contributed by atoms with van der Waals surface area (Å²) in [6.07, 6.45) is -0.632. The molecule has 2 unspecified atom stereocenters. The van der Waals surface area contributed by atoms with Crippen LogP contribution in [0, 0.1) is 12.7 Å². The van der Waals surface area contributed by atoms with Crippen LogP contribution in [0.25, 0.3) is 10.9 Å². The van der Waals surface area contributed by atoms with E-state index in [0.717, 1.165) is 6.07 Å². The molecule has 0 fully saturated rings. The maximum Gasteiger partial charge on any atom is 0.298 e. The number of halogens is 3. The van der Waals surface area contributed by atoms with Crippen molar-refractivity contribution in [2.75, 3.05) is 23.9 Å². The first-order valence-electron chi connectivity index (χ1n) is 10.3. The van der Waals surface area contributed by atoms with Gasteiger partial charge in [0, 0.05) is 24.1 Å². The van der Waals surface area contributed by atoms with E-state index in [4.69, 9.17) is 9.84 Å². The molecule has 0 radical (unpaired) electrons. The lowest BCUT2D eigenvalue weighted by Gasteiger charge is -2.30. The third kappa shape index (κ3) is 3.95. The molecule has 10 heteroatoms. The predicted molar refractivity (Wildman–Crippen MR) is 117 cm³/mol. The van der Waals surface area contributed by atoms with Crippen molar-refractivity contribution in [3.05, 3.63) is 53.1 Å². The second kappa shape index (κ2) is 8.18. The van der Waals surface area contributed by atoms with E-state index in [2.05, 4.69) is 15.3 Å². The highest BCUT2D eigenvalue weighted by Gasteiger charge is 2.35. The average Bonchev–Trinajstić information content (AvgIpc) is 2.76. The number of hydrogen-bond acceptors (Lipinski definition) is 6. The third-order valence-electron chi connectivity index (χ3n) is 5.67. The molecule has 1 aliphatic rings. The second-order valence-corrected chi connectivity index (χ2v) is 8.05. The van der Waals surface area contributed by atoms with Gasteiger partial charge in [-0.25, -0.2) is 14.4 Å². The number of carbonyl (C=O) groups excluding carboxylic acids is 1. The summed E-state index contributed by atoms with van der Waals surface area (Å²) in [4.78, 5) is 22.7. The minimum atomic E-state index is -3.70. The highest BCUT2D eigenvalue weighted by Crippen LogP contribution is 2.39. The van der Waals surface area contributed by atoms with E-state index in [9.17, 15) is 18.0 Å². The van der Waals surface area contributed by atoms with Gasteiger partial charge in [0.05, 0.1) is 22.8 Å². The van der Waals surface area contributed by atoms with Crippen molar-refractivity contribution < 1.29 is 27.8 Å². The minimum absolute atomic E-state index is 0.00699. The van der Waals surface area contributed by atoms with E-state index in [-0.39, 0.29) is 11.5 Å². The van der Waals surface area contributed by atoms with Crippen molar-refractivity contribution in [1.82, 2.24) is 9.97 Å². The molecule has 3 aromatic rings. The number of rotatable bonds is 5. The van der Waals surface area contributed by atoms with Crippen molar-refractivity contribution >= 4 is 28.3 Å². The zero-order valence-corrected chi connectivity index (χ0v) is 18.5. The first-order chi connectivity index (χ1) is 15.5. The van der Waals surface area contributed by atoms with Crippen LogP contribution >= 0.6 is 0 Å². The molecule has 7 nitrogen and oxygen atoms in total. The van der Waals surface area contributed by atoms with Crippen LogP contribution in [0.2, 0.25) is 0 Å². The fourth-order valence-corrected chi connectivity index (χ4v) is 3.89. The fourth-order valence-electron chi connectivity index (χ4n) is 3.89. The first kappa shape index (κ1) is 22.8. The maximum absolute atomic E-state index is 14.9. The van der Waals surface area contributed by atoms with Gasteiger partial charge < -0.3 is 20.1 Å². The Morgan fingerprint density at radius 1 is 1.30 bits per heavy atom. The van der Waals surface area contributed by atoms with Crippen LogP contribution in [-0.2, 0) is 10.7 Å². The monoisotopic (exact) mass is 460 g/mol. The summed E-state index contributed by atoms with van der Waals surface area (Å²) in [6, 6.07) is 6.32. The molecule has 1 amide bonds. The molecule has 1 aromatic heterocycles. The number of benzene rings is 2. The van der Waals surface area contributed by atoms with E-state index in [1.54, 1.807) is 40.0 Å². The first-order valence-corrected chi connectivity index (χ1v) is 10.3. The lowest BCUT2D eigenvalue weighted by molar-refractivity contribution is -0.125. The van der Waals surface area contributed by atoms with Gasteiger partial charge in [0.25, 0.3) is 11.8 Å². The largest absolute Gasteiger partial charge is 0.479 e. The molecule has 0 bridgehead atoms. The number of aliphatic hydroxyl groups is 1. The molecule has 174 valence electrons. The standard InChI is InChI=1S/C23H23F3N4O3/c1-11(14-6-5-7-16(20(14)24)23(25,26)10-31)27-21-15-8-18-19(9-17(15)28-13(3)29-21)33-12(2)22(32)30(18)4/h5-9,11-12,31H,10H2,1-4H3,(H,27,28,29). The Morgan fingerprint density at radius 3 is 2.73 bits per heavy atom. The van der Waals surface area contributed by atoms with Crippen LogP contribution in [-0.4, -0.2) is 40.7 Å². The number of carbonyl (C=O) groups is 1. The Morgan fingerprint density at radius 2 is 2.03 bits per heavy atom. The molecule has 0 spiro atoms. The summed E-state index contributed by atoms with van der Waals surface area (Å²) in [5.41, 5.74) is 0.198. The zero-order valence-electron chi connectivity index (χ0n) is 18.5. The van der Waals surface area contributed by atoms with Crippen LogP contribution < -0.4 is 15.0 Å². The summed E-state index contributed by atoms with van der Waals surface area (Å²) in [7, 11) is 1.64. The number of ether oxygens (including phenoxy) is 1. The summed E-state index contributed by atoms with van der Waals surface area (Å²) in [5, 5.41) is 12.6. The van der Waals surface area contributed by atoms with Gasteiger partial charge in [0.2, 0.25) is 0 Å². The van der Waals surface area contributed by atoms with Gasteiger partial charge in [-0.3, -0.25) is 4.79 Å². The number of likely N-dealkylation sites (N-methyl/N-ethyl adjacent to an activating group) is 1. The zero-order chi connectivity index (χ0) is 24.1. The van der Waals surface area contributed by atoms with Gasteiger partial charge >= 0.3 is 0 Å².